The van der Waals surface area contributed by atoms with Gasteiger partial charge in [-0.25, -0.2) is 0 Å². The summed E-state index contributed by atoms with van der Waals surface area (Å²) in [6.45, 7) is -0.325. The van der Waals surface area contributed by atoms with Crippen molar-refractivity contribution in [3.63, 3.8) is 0 Å². The van der Waals surface area contributed by atoms with Gasteiger partial charge in [-0.05, 0) is 0 Å². The van der Waals surface area contributed by atoms with Gasteiger partial charge in [-0.2, -0.15) is 0 Å². The SMILES string of the molecule is COCC(=O)N[C@H]1C=C[C@@H](CC(=O)OC)O[C@@H]1CO. The first kappa shape index (κ1) is 15.6. The highest BCUT2D eigenvalue weighted by atomic mass is 16.5. The zero-order valence-corrected chi connectivity index (χ0v) is 11.0. The zero-order valence-electron chi connectivity index (χ0n) is 11.0. The van der Waals surface area contributed by atoms with E-state index in [4.69, 9.17) is 9.47 Å². The minimum Gasteiger partial charge on any atom is -0.469 e. The van der Waals surface area contributed by atoms with E-state index in [0.717, 1.165) is 0 Å². The molecular weight excluding hydrogens is 254 g/mol. The van der Waals surface area contributed by atoms with Gasteiger partial charge in [0, 0.05) is 7.11 Å². The van der Waals surface area contributed by atoms with Crippen LogP contribution in [-0.4, -0.2) is 62.7 Å². The number of rotatable bonds is 6. The third kappa shape index (κ3) is 4.98. The molecule has 0 radical (unpaired) electrons. The number of carbonyl (C=O) groups is 2. The van der Waals surface area contributed by atoms with Gasteiger partial charge in [0.25, 0.3) is 0 Å². The van der Waals surface area contributed by atoms with Gasteiger partial charge in [0.15, 0.2) is 0 Å². The first-order valence-corrected chi connectivity index (χ1v) is 5.90. The number of nitrogens with one attached hydrogen (secondary N) is 1. The van der Waals surface area contributed by atoms with Gasteiger partial charge in [0.2, 0.25) is 5.91 Å². The summed E-state index contributed by atoms with van der Waals surface area (Å²) < 4.78 is 14.8. The summed E-state index contributed by atoms with van der Waals surface area (Å²) in [6.07, 6.45) is 2.38. The van der Waals surface area contributed by atoms with Crippen molar-refractivity contribution in [1.82, 2.24) is 5.32 Å². The first-order valence-electron chi connectivity index (χ1n) is 5.90. The van der Waals surface area contributed by atoms with Crippen LogP contribution in [-0.2, 0) is 23.8 Å². The van der Waals surface area contributed by atoms with E-state index >= 15 is 0 Å². The highest BCUT2D eigenvalue weighted by Gasteiger charge is 2.29. The van der Waals surface area contributed by atoms with Crippen LogP contribution >= 0.6 is 0 Å². The molecule has 3 atom stereocenters. The first-order chi connectivity index (χ1) is 9.10. The van der Waals surface area contributed by atoms with Crippen molar-refractivity contribution in [3.05, 3.63) is 12.2 Å². The van der Waals surface area contributed by atoms with Crippen LogP contribution in [0.5, 0.6) is 0 Å². The van der Waals surface area contributed by atoms with E-state index in [2.05, 4.69) is 10.1 Å². The third-order valence-corrected chi connectivity index (χ3v) is 2.66. The molecular formula is C12H19NO6. The highest BCUT2D eigenvalue weighted by molar-refractivity contribution is 5.77. The van der Waals surface area contributed by atoms with Crippen LogP contribution in [0.3, 0.4) is 0 Å². The van der Waals surface area contributed by atoms with E-state index in [1.807, 2.05) is 0 Å². The fraction of sp³-hybridized carbons (Fsp3) is 0.667. The van der Waals surface area contributed by atoms with E-state index in [9.17, 15) is 14.7 Å². The summed E-state index contributed by atoms with van der Waals surface area (Å²) in [4.78, 5) is 22.5. The molecule has 1 aliphatic rings. The van der Waals surface area contributed by atoms with Crippen molar-refractivity contribution in [1.29, 1.82) is 0 Å². The number of methoxy groups -OCH3 is 2. The molecule has 0 saturated heterocycles. The van der Waals surface area contributed by atoms with Gasteiger partial charge in [0.1, 0.15) is 12.7 Å². The lowest BCUT2D eigenvalue weighted by atomic mass is 10.0. The molecule has 0 aliphatic carbocycles. The summed E-state index contributed by atoms with van der Waals surface area (Å²) in [5, 5.41) is 11.9. The summed E-state index contributed by atoms with van der Waals surface area (Å²) >= 11 is 0. The molecule has 1 aliphatic heterocycles. The Morgan fingerprint density at radius 3 is 2.68 bits per heavy atom. The minimum atomic E-state index is -0.597. The van der Waals surface area contributed by atoms with Crippen LogP contribution in [0.15, 0.2) is 12.2 Å². The highest BCUT2D eigenvalue weighted by Crippen LogP contribution is 2.16. The Labute approximate surface area is 111 Å². The molecule has 0 unspecified atom stereocenters. The molecule has 0 fully saturated rings. The van der Waals surface area contributed by atoms with E-state index in [-0.39, 0.29) is 25.5 Å². The monoisotopic (exact) mass is 273 g/mol. The van der Waals surface area contributed by atoms with Gasteiger partial charge in [0.05, 0.1) is 32.3 Å². The van der Waals surface area contributed by atoms with E-state index in [1.165, 1.54) is 14.2 Å². The van der Waals surface area contributed by atoms with Crippen LogP contribution < -0.4 is 5.32 Å². The maximum atomic E-state index is 11.4. The fourth-order valence-electron chi connectivity index (χ4n) is 1.74. The molecule has 0 bridgehead atoms. The molecule has 7 nitrogen and oxygen atoms in total. The largest absolute Gasteiger partial charge is 0.469 e. The molecule has 0 aromatic heterocycles. The lowest BCUT2D eigenvalue weighted by Crippen LogP contribution is -2.49. The number of carbonyl (C=O) groups excluding carboxylic acids is 2. The van der Waals surface area contributed by atoms with Crippen LogP contribution in [0.2, 0.25) is 0 Å². The van der Waals surface area contributed by atoms with Crippen molar-refractivity contribution >= 4 is 11.9 Å². The van der Waals surface area contributed by atoms with E-state index in [0.29, 0.717) is 0 Å². The Kier molecular flexibility index (Phi) is 6.48. The molecule has 2 N–H and O–H groups in total. The van der Waals surface area contributed by atoms with Crippen LogP contribution in [0.25, 0.3) is 0 Å². The van der Waals surface area contributed by atoms with Crippen molar-refractivity contribution in [2.45, 2.75) is 24.7 Å². The standard InChI is InChI=1S/C12H19NO6/c1-17-7-11(15)13-9-4-3-8(5-12(16)18-2)19-10(9)6-14/h3-4,8-10,14H,5-7H2,1-2H3,(H,13,15)/t8-,9-,10+/m0/s1. The molecule has 0 spiro atoms. The number of aliphatic hydroxyl groups is 1. The smallest absolute Gasteiger partial charge is 0.308 e. The molecule has 1 amide bonds. The third-order valence-electron chi connectivity index (χ3n) is 2.66. The average molecular weight is 273 g/mol. The maximum absolute atomic E-state index is 11.4. The summed E-state index contributed by atoms with van der Waals surface area (Å²) in [7, 11) is 2.72. The van der Waals surface area contributed by atoms with Crippen molar-refractivity contribution in [2.24, 2.45) is 0 Å². The van der Waals surface area contributed by atoms with E-state index in [1.54, 1.807) is 12.2 Å². The second-order valence-corrected chi connectivity index (χ2v) is 4.09. The number of aliphatic hydroxyl groups excluding tert-OH is 1. The zero-order chi connectivity index (χ0) is 14.3. The Hall–Kier alpha value is -1.44. The summed E-state index contributed by atoms with van der Waals surface area (Å²) in [6, 6.07) is -0.443. The normalized spacial score (nSPS) is 25.9. The number of amides is 1. The Bertz CT molecular complexity index is 343. The molecule has 0 aromatic carbocycles. The molecule has 7 heteroatoms. The van der Waals surface area contributed by atoms with Crippen molar-refractivity contribution < 1.29 is 28.9 Å². The molecule has 1 heterocycles. The molecule has 108 valence electrons. The quantitative estimate of drug-likeness (QED) is 0.476. The summed E-state index contributed by atoms with van der Waals surface area (Å²) in [5.74, 6) is -0.696. The fourth-order valence-corrected chi connectivity index (χ4v) is 1.74. The van der Waals surface area contributed by atoms with Gasteiger partial charge in [-0.1, -0.05) is 12.2 Å². The molecule has 0 aromatic rings. The minimum absolute atomic E-state index is 0.0614. The van der Waals surface area contributed by atoms with Crippen LogP contribution in [0.4, 0.5) is 0 Å². The second kappa shape index (κ2) is 7.88. The Morgan fingerprint density at radius 2 is 2.11 bits per heavy atom. The average Bonchev–Trinajstić information content (AvgIpc) is 2.40. The predicted octanol–water partition coefficient (Wildman–Crippen LogP) is -1.00. The number of hydrogen-bond donors (Lipinski definition) is 2. The van der Waals surface area contributed by atoms with Gasteiger partial charge in [-0.15, -0.1) is 0 Å². The van der Waals surface area contributed by atoms with Crippen LogP contribution in [0, 0.1) is 0 Å². The van der Waals surface area contributed by atoms with Crippen molar-refractivity contribution in [2.75, 3.05) is 27.4 Å². The number of esters is 1. The maximum Gasteiger partial charge on any atom is 0.308 e. The number of hydrogen-bond acceptors (Lipinski definition) is 6. The molecule has 0 saturated carbocycles. The van der Waals surface area contributed by atoms with E-state index < -0.39 is 24.2 Å². The van der Waals surface area contributed by atoms with Gasteiger partial charge in [-0.3, -0.25) is 9.59 Å². The lowest BCUT2D eigenvalue weighted by molar-refractivity contribution is -0.145. The van der Waals surface area contributed by atoms with Gasteiger partial charge >= 0.3 is 5.97 Å². The molecule has 1 rings (SSSR count). The Balaban J connectivity index is 2.57. The Morgan fingerprint density at radius 1 is 1.37 bits per heavy atom. The van der Waals surface area contributed by atoms with Crippen LogP contribution in [0.1, 0.15) is 6.42 Å². The molecule has 19 heavy (non-hydrogen) atoms. The predicted molar refractivity (Wildman–Crippen MR) is 65.3 cm³/mol. The lowest BCUT2D eigenvalue weighted by Gasteiger charge is -2.31. The van der Waals surface area contributed by atoms with Crippen molar-refractivity contribution in [3.8, 4) is 0 Å². The number of ether oxygens (including phenoxy) is 3. The van der Waals surface area contributed by atoms with Gasteiger partial charge < -0.3 is 24.6 Å². The summed E-state index contributed by atoms with van der Waals surface area (Å²) in [5.41, 5.74) is 0. The topological polar surface area (TPSA) is 94.1 Å². The second-order valence-electron chi connectivity index (χ2n) is 4.09.